The first kappa shape index (κ1) is 12.3. The number of aromatic nitrogens is 2. The number of halogens is 1. The third kappa shape index (κ3) is 3.10. The molecular weight excluding hydrogens is 266 g/mol. The van der Waals surface area contributed by atoms with E-state index in [4.69, 9.17) is 15.3 Å². The molecule has 15 heavy (non-hydrogen) atoms. The van der Waals surface area contributed by atoms with E-state index in [0.717, 1.165) is 0 Å². The second kappa shape index (κ2) is 5.36. The largest absolute Gasteiger partial charge is 0.394 e. The summed E-state index contributed by atoms with van der Waals surface area (Å²) in [7, 11) is 0. The highest BCUT2D eigenvalue weighted by Gasteiger charge is 2.28. The van der Waals surface area contributed by atoms with E-state index in [1.165, 1.54) is 6.33 Å². The van der Waals surface area contributed by atoms with Crippen molar-refractivity contribution < 1.29 is 15.3 Å². The highest BCUT2D eigenvalue weighted by atomic mass is 79.9. The predicted molar refractivity (Wildman–Crippen MR) is 57.3 cm³/mol. The Hall–Kier alpha value is -0.760. The van der Waals surface area contributed by atoms with Gasteiger partial charge in [0.25, 0.3) is 0 Å². The predicted octanol–water partition coefficient (Wildman–Crippen LogP) is -0.633. The average molecular weight is 278 g/mol. The highest BCUT2D eigenvalue weighted by Crippen LogP contribution is 2.15. The van der Waals surface area contributed by atoms with Crippen LogP contribution in [0.5, 0.6) is 0 Å². The van der Waals surface area contributed by atoms with Gasteiger partial charge in [-0.15, -0.1) is 0 Å². The van der Waals surface area contributed by atoms with E-state index in [2.05, 4.69) is 31.2 Å². The van der Waals surface area contributed by atoms with Crippen LogP contribution in [0.2, 0.25) is 0 Å². The van der Waals surface area contributed by atoms with Gasteiger partial charge in [0, 0.05) is 6.07 Å². The van der Waals surface area contributed by atoms with Gasteiger partial charge in [-0.25, -0.2) is 9.97 Å². The van der Waals surface area contributed by atoms with Gasteiger partial charge < -0.3 is 20.6 Å². The van der Waals surface area contributed by atoms with Crippen molar-refractivity contribution in [1.82, 2.24) is 9.97 Å². The lowest BCUT2D eigenvalue weighted by molar-refractivity contribution is 0.0831. The van der Waals surface area contributed by atoms with Crippen molar-refractivity contribution in [2.24, 2.45) is 0 Å². The molecule has 0 aliphatic rings. The molecule has 1 rings (SSSR count). The number of rotatable bonds is 5. The zero-order valence-corrected chi connectivity index (χ0v) is 9.48. The topological polar surface area (TPSA) is 98.5 Å². The third-order valence-electron chi connectivity index (χ3n) is 1.93. The molecule has 0 unspecified atom stereocenters. The minimum atomic E-state index is -1.17. The lowest BCUT2D eigenvalue weighted by atomic mass is 10.0. The van der Waals surface area contributed by atoms with Crippen LogP contribution in [0.3, 0.4) is 0 Å². The highest BCUT2D eigenvalue weighted by molar-refractivity contribution is 9.10. The molecule has 4 N–H and O–H groups in total. The van der Waals surface area contributed by atoms with Crippen molar-refractivity contribution >= 4 is 21.7 Å². The maximum absolute atomic E-state index is 9.07. The van der Waals surface area contributed by atoms with Crippen molar-refractivity contribution in [2.75, 3.05) is 25.1 Å². The van der Waals surface area contributed by atoms with Gasteiger partial charge in [0.1, 0.15) is 22.3 Å². The fraction of sp³-hybridized carbons (Fsp3) is 0.500. The molecule has 0 atom stereocenters. The van der Waals surface area contributed by atoms with Crippen LogP contribution < -0.4 is 5.32 Å². The van der Waals surface area contributed by atoms with Gasteiger partial charge in [0.2, 0.25) is 0 Å². The quantitative estimate of drug-likeness (QED) is 0.535. The Bertz CT molecular complexity index is 311. The van der Waals surface area contributed by atoms with Crippen LogP contribution in [0.1, 0.15) is 0 Å². The molecule has 0 aromatic carbocycles. The zero-order chi connectivity index (χ0) is 11.3. The summed E-state index contributed by atoms with van der Waals surface area (Å²) in [5.41, 5.74) is -1.17. The molecule has 6 nitrogen and oxygen atoms in total. The first-order valence-corrected chi connectivity index (χ1v) is 5.03. The molecule has 0 radical (unpaired) electrons. The van der Waals surface area contributed by atoms with Crippen molar-refractivity contribution in [3.05, 3.63) is 17.0 Å². The van der Waals surface area contributed by atoms with E-state index in [1.807, 2.05) is 0 Å². The van der Waals surface area contributed by atoms with Crippen LogP contribution in [0.4, 0.5) is 5.82 Å². The minimum absolute atomic E-state index is 0.401. The number of aliphatic hydroxyl groups excluding tert-OH is 3. The molecular formula is C8H12BrN3O3. The molecule has 1 aromatic heterocycles. The monoisotopic (exact) mass is 277 g/mol. The van der Waals surface area contributed by atoms with Gasteiger partial charge >= 0.3 is 0 Å². The lowest BCUT2D eigenvalue weighted by Crippen LogP contribution is -2.49. The van der Waals surface area contributed by atoms with Gasteiger partial charge in [-0.1, -0.05) is 0 Å². The molecule has 1 heterocycles. The fourth-order valence-corrected chi connectivity index (χ4v) is 1.25. The minimum Gasteiger partial charge on any atom is -0.394 e. The Balaban J connectivity index is 2.82. The third-order valence-corrected chi connectivity index (χ3v) is 2.37. The van der Waals surface area contributed by atoms with E-state index in [9.17, 15) is 0 Å². The molecule has 1 aromatic rings. The standard InChI is InChI=1S/C8H12BrN3O3/c9-6-1-7(11-5-10-6)12-8(2-13,3-14)4-15/h1,5,13-15H,2-4H2,(H,10,11,12). The lowest BCUT2D eigenvalue weighted by Gasteiger charge is -2.29. The Morgan fingerprint density at radius 3 is 2.27 bits per heavy atom. The van der Waals surface area contributed by atoms with Crippen LogP contribution in [0.15, 0.2) is 17.0 Å². The SMILES string of the molecule is OCC(CO)(CO)Nc1cc(Br)ncn1. The Morgan fingerprint density at radius 2 is 1.80 bits per heavy atom. The molecule has 0 saturated heterocycles. The normalized spacial score (nSPS) is 11.5. The first-order valence-electron chi connectivity index (χ1n) is 4.24. The van der Waals surface area contributed by atoms with Crippen LogP contribution in [0.25, 0.3) is 0 Å². The summed E-state index contributed by atoms with van der Waals surface area (Å²) in [4.78, 5) is 7.71. The number of anilines is 1. The zero-order valence-electron chi connectivity index (χ0n) is 7.89. The van der Waals surface area contributed by atoms with E-state index in [-0.39, 0.29) is 0 Å². The number of hydrogen-bond acceptors (Lipinski definition) is 6. The fourth-order valence-electron chi connectivity index (χ4n) is 0.942. The molecule has 0 spiro atoms. The average Bonchev–Trinajstić information content (AvgIpc) is 2.26. The van der Waals surface area contributed by atoms with E-state index in [1.54, 1.807) is 6.07 Å². The van der Waals surface area contributed by atoms with Gasteiger partial charge in [-0.2, -0.15) is 0 Å². The van der Waals surface area contributed by atoms with Crippen LogP contribution >= 0.6 is 15.9 Å². The van der Waals surface area contributed by atoms with Crippen LogP contribution in [-0.2, 0) is 0 Å². The Labute approximate surface area is 95.1 Å². The summed E-state index contributed by atoms with van der Waals surface area (Å²) in [6.07, 6.45) is 1.32. The number of aliphatic hydroxyl groups is 3. The molecule has 0 bridgehead atoms. The first-order chi connectivity index (χ1) is 7.15. The molecule has 0 fully saturated rings. The molecule has 0 aliphatic carbocycles. The smallest absolute Gasteiger partial charge is 0.131 e. The van der Waals surface area contributed by atoms with E-state index < -0.39 is 25.4 Å². The van der Waals surface area contributed by atoms with Gasteiger partial charge in [0.15, 0.2) is 0 Å². The summed E-state index contributed by atoms with van der Waals surface area (Å²) in [5.74, 6) is 0.411. The second-order valence-electron chi connectivity index (χ2n) is 3.11. The maximum atomic E-state index is 9.07. The summed E-state index contributed by atoms with van der Waals surface area (Å²) >= 11 is 3.16. The van der Waals surface area contributed by atoms with Crippen molar-refractivity contribution in [3.63, 3.8) is 0 Å². The number of nitrogens with one attached hydrogen (secondary N) is 1. The summed E-state index contributed by atoms with van der Waals surface area (Å²) < 4.78 is 0.572. The van der Waals surface area contributed by atoms with Crippen molar-refractivity contribution in [1.29, 1.82) is 0 Å². The molecule has 0 amide bonds. The van der Waals surface area contributed by atoms with Crippen LogP contribution in [0, 0.1) is 0 Å². The second-order valence-corrected chi connectivity index (χ2v) is 3.92. The van der Waals surface area contributed by atoms with Gasteiger partial charge in [-0.05, 0) is 15.9 Å². The van der Waals surface area contributed by atoms with Crippen LogP contribution in [-0.4, -0.2) is 50.6 Å². The van der Waals surface area contributed by atoms with Crippen molar-refractivity contribution in [2.45, 2.75) is 5.54 Å². The number of hydrogen-bond donors (Lipinski definition) is 4. The Morgan fingerprint density at radius 1 is 1.20 bits per heavy atom. The van der Waals surface area contributed by atoms with E-state index in [0.29, 0.717) is 10.4 Å². The van der Waals surface area contributed by atoms with Crippen molar-refractivity contribution in [3.8, 4) is 0 Å². The molecule has 7 heteroatoms. The molecule has 84 valence electrons. The summed E-state index contributed by atoms with van der Waals surface area (Å²) in [5, 5.41) is 30.0. The summed E-state index contributed by atoms with van der Waals surface area (Å²) in [6.45, 7) is -1.20. The molecule has 0 aliphatic heterocycles. The maximum Gasteiger partial charge on any atom is 0.131 e. The van der Waals surface area contributed by atoms with E-state index >= 15 is 0 Å². The van der Waals surface area contributed by atoms with Gasteiger partial charge in [0.05, 0.1) is 19.8 Å². The Kier molecular flexibility index (Phi) is 4.40. The molecule has 0 saturated carbocycles. The summed E-state index contributed by atoms with van der Waals surface area (Å²) in [6, 6.07) is 1.58. The van der Waals surface area contributed by atoms with Gasteiger partial charge in [-0.3, -0.25) is 0 Å². The number of nitrogens with zero attached hydrogens (tertiary/aromatic N) is 2.